The van der Waals surface area contributed by atoms with Gasteiger partial charge in [0.1, 0.15) is 4.60 Å². The van der Waals surface area contributed by atoms with Crippen LogP contribution in [0.5, 0.6) is 0 Å². The van der Waals surface area contributed by atoms with E-state index in [-0.39, 0.29) is 11.7 Å². The minimum atomic E-state index is -0.158. The van der Waals surface area contributed by atoms with Gasteiger partial charge in [0.2, 0.25) is 0 Å². The fourth-order valence-electron chi connectivity index (χ4n) is 1.53. The van der Waals surface area contributed by atoms with E-state index in [9.17, 15) is 0 Å². The molecule has 4 heteroatoms. The molecule has 0 spiro atoms. The van der Waals surface area contributed by atoms with Crippen molar-refractivity contribution in [1.29, 1.82) is 0 Å². The van der Waals surface area contributed by atoms with Gasteiger partial charge in [-0.1, -0.05) is 0 Å². The summed E-state index contributed by atoms with van der Waals surface area (Å²) in [5.41, 5.74) is -0.158. The molecule has 0 radical (unpaired) electrons. The Morgan fingerprint density at radius 1 is 1.57 bits per heavy atom. The number of aromatic nitrogens is 2. The van der Waals surface area contributed by atoms with E-state index >= 15 is 0 Å². The Bertz CT molecular complexity index is 294. The molecular weight excluding hydrogens is 244 g/mol. The van der Waals surface area contributed by atoms with Gasteiger partial charge in [0, 0.05) is 6.20 Å². The molecule has 0 saturated heterocycles. The van der Waals surface area contributed by atoms with Gasteiger partial charge in [-0.25, -0.2) is 4.98 Å². The van der Waals surface area contributed by atoms with Crippen LogP contribution in [0.2, 0.25) is 0 Å². The van der Waals surface area contributed by atoms with Crippen molar-refractivity contribution in [3.8, 4) is 0 Å². The second-order valence-corrected chi connectivity index (χ2v) is 5.11. The molecule has 0 aromatic carbocycles. The van der Waals surface area contributed by atoms with Crippen LogP contribution in [0.3, 0.4) is 0 Å². The maximum absolute atomic E-state index is 5.79. The highest BCUT2D eigenvalue weighted by Gasteiger charge is 2.20. The van der Waals surface area contributed by atoms with Gasteiger partial charge in [0.15, 0.2) is 0 Å². The van der Waals surface area contributed by atoms with E-state index < -0.39 is 0 Å². The standard InChI is InChI=1S/C10H17BrN2O/c1-8(2)14-10(3,4)6-13-5-9(11)12-7-13/h5,7-8H,6H2,1-4H3. The zero-order valence-corrected chi connectivity index (χ0v) is 10.7. The van der Waals surface area contributed by atoms with Gasteiger partial charge in [-0.05, 0) is 43.6 Å². The van der Waals surface area contributed by atoms with E-state index in [4.69, 9.17) is 4.74 Å². The molecule has 0 fully saturated rings. The lowest BCUT2D eigenvalue weighted by Crippen LogP contribution is -2.32. The van der Waals surface area contributed by atoms with Crippen molar-refractivity contribution in [3.05, 3.63) is 17.1 Å². The minimum Gasteiger partial charge on any atom is -0.371 e. The van der Waals surface area contributed by atoms with Crippen molar-refractivity contribution < 1.29 is 4.74 Å². The van der Waals surface area contributed by atoms with Gasteiger partial charge in [-0.2, -0.15) is 0 Å². The monoisotopic (exact) mass is 260 g/mol. The first-order chi connectivity index (χ1) is 6.39. The first-order valence-electron chi connectivity index (χ1n) is 4.74. The Morgan fingerprint density at radius 3 is 2.64 bits per heavy atom. The lowest BCUT2D eigenvalue weighted by atomic mass is 10.1. The Morgan fingerprint density at radius 2 is 2.21 bits per heavy atom. The Balaban J connectivity index is 2.58. The molecule has 80 valence electrons. The fourth-order valence-corrected chi connectivity index (χ4v) is 1.89. The summed E-state index contributed by atoms with van der Waals surface area (Å²) in [7, 11) is 0. The van der Waals surface area contributed by atoms with Gasteiger partial charge in [0.05, 0.1) is 24.6 Å². The van der Waals surface area contributed by atoms with Crippen LogP contribution in [0, 0.1) is 0 Å². The fraction of sp³-hybridized carbons (Fsp3) is 0.700. The molecule has 14 heavy (non-hydrogen) atoms. The quantitative estimate of drug-likeness (QED) is 0.833. The summed E-state index contributed by atoms with van der Waals surface area (Å²) in [4.78, 5) is 4.10. The van der Waals surface area contributed by atoms with Crippen LogP contribution in [-0.2, 0) is 11.3 Å². The Kier molecular flexibility index (Phi) is 3.72. The van der Waals surface area contributed by atoms with E-state index in [0.717, 1.165) is 11.1 Å². The van der Waals surface area contributed by atoms with Gasteiger partial charge in [-0.3, -0.25) is 0 Å². The minimum absolute atomic E-state index is 0.158. The van der Waals surface area contributed by atoms with Crippen LogP contribution in [0.4, 0.5) is 0 Å². The maximum Gasteiger partial charge on any atom is 0.124 e. The number of nitrogens with zero attached hydrogens (tertiary/aromatic N) is 2. The molecule has 1 aromatic heterocycles. The molecule has 0 bridgehead atoms. The topological polar surface area (TPSA) is 27.1 Å². The van der Waals surface area contributed by atoms with Crippen LogP contribution in [0.15, 0.2) is 17.1 Å². The summed E-state index contributed by atoms with van der Waals surface area (Å²) >= 11 is 3.32. The highest BCUT2D eigenvalue weighted by molar-refractivity contribution is 9.10. The van der Waals surface area contributed by atoms with Gasteiger partial charge in [-0.15, -0.1) is 0 Å². The van der Waals surface area contributed by atoms with E-state index in [2.05, 4.69) is 34.8 Å². The molecule has 0 N–H and O–H groups in total. The van der Waals surface area contributed by atoms with Crippen LogP contribution in [0.1, 0.15) is 27.7 Å². The van der Waals surface area contributed by atoms with Crippen molar-refractivity contribution in [2.45, 2.75) is 45.9 Å². The largest absolute Gasteiger partial charge is 0.371 e. The van der Waals surface area contributed by atoms with Crippen molar-refractivity contribution in [2.24, 2.45) is 0 Å². The molecule has 1 aromatic rings. The van der Waals surface area contributed by atoms with Crippen molar-refractivity contribution >= 4 is 15.9 Å². The summed E-state index contributed by atoms with van der Waals surface area (Å²) in [6, 6.07) is 0. The SMILES string of the molecule is CC(C)OC(C)(C)Cn1cnc(Br)c1. The van der Waals surface area contributed by atoms with E-state index in [1.54, 1.807) is 6.33 Å². The summed E-state index contributed by atoms with van der Waals surface area (Å²) in [6.45, 7) is 9.07. The summed E-state index contributed by atoms with van der Waals surface area (Å²) in [5, 5.41) is 0. The second-order valence-electron chi connectivity index (χ2n) is 4.30. The highest BCUT2D eigenvalue weighted by Crippen LogP contribution is 2.16. The van der Waals surface area contributed by atoms with Crippen LogP contribution in [-0.4, -0.2) is 21.3 Å². The molecule has 1 heterocycles. The lowest BCUT2D eigenvalue weighted by molar-refractivity contribution is -0.0653. The average Bonchev–Trinajstić information content (AvgIpc) is 2.30. The summed E-state index contributed by atoms with van der Waals surface area (Å²) < 4.78 is 8.67. The predicted molar refractivity (Wildman–Crippen MR) is 60.2 cm³/mol. The zero-order valence-electron chi connectivity index (χ0n) is 9.12. The van der Waals surface area contributed by atoms with Gasteiger partial charge in [0.25, 0.3) is 0 Å². The predicted octanol–water partition coefficient (Wildman–Crippen LogP) is 2.85. The van der Waals surface area contributed by atoms with Crippen LogP contribution in [0.25, 0.3) is 0 Å². The number of hydrogen-bond acceptors (Lipinski definition) is 2. The number of hydrogen-bond donors (Lipinski definition) is 0. The smallest absolute Gasteiger partial charge is 0.124 e. The third-order valence-electron chi connectivity index (χ3n) is 1.72. The molecule has 0 amide bonds. The van der Waals surface area contributed by atoms with E-state index in [1.165, 1.54) is 0 Å². The van der Waals surface area contributed by atoms with Crippen LogP contribution >= 0.6 is 15.9 Å². The molecule has 0 unspecified atom stereocenters. The molecule has 1 rings (SSSR count). The molecule has 0 aliphatic carbocycles. The number of rotatable bonds is 4. The Hall–Kier alpha value is -0.350. The van der Waals surface area contributed by atoms with E-state index in [1.807, 2.05) is 24.6 Å². The average molecular weight is 261 g/mol. The molecular formula is C10H17BrN2O. The molecule has 3 nitrogen and oxygen atoms in total. The highest BCUT2D eigenvalue weighted by atomic mass is 79.9. The third-order valence-corrected chi connectivity index (χ3v) is 2.13. The normalized spacial score (nSPS) is 12.4. The zero-order chi connectivity index (χ0) is 10.8. The first-order valence-corrected chi connectivity index (χ1v) is 5.53. The molecule has 0 aliphatic heterocycles. The molecule has 0 saturated carbocycles. The van der Waals surface area contributed by atoms with Crippen molar-refractivity contribution in [2.75, 3.05) is 0 Å². The number of halogens is 1. The summed E-state index contributed by atoms with van der Waals surface area (Å²) in [5.74, 6) is 0. The van der Waals surface area contributed by atoms with Crippen molar-refractivity contribution in [1.82, 2.24) is 9.55 Å². The van der Waals surface area contributed by atoms with Gasteiger partial charge >= 0.3 is 0 Å². The lowest BCUT2D eigenvalue weighted by Gasteiger charge is -2.28. The van der Waals surface area contributed by atoms with Crippen molar-refractivity contribution in [3.63, 3.8) is 0 Å². The molecule has 0 aliphatic rings. The van der Waals surface area contributed by atoms with E-state index in [0.29, 0.717) is 0 Å². The van der Waals surface area contributed by atoms with Crippen LogP contribution < -0.4 is 0 Å². The molecule has 0 atom stereocenters. The first kappa shape index (κ1) is 11.7. The second kappa shape index (κ2) is 4.45. The number of imidazole rings is 1. The summed E-state index contributed by atoms with van der Waals surface area (Å²) in [6.07, 6.45) is 4.00. The third kappa shape index (κ3) is 3.80. The van der Waals surface area contributed by atoms with Gasteiger partial charge < -0.3 is 9.30 Å². The number of ether oxygens (including phenoxy) is 1. The maximum atomic E-state index is 5.79. The Labute approximate surface area is 93.6 Å².